The highest BCUT2D eigenvalue weighted by Crippen LogP contribution is 2.30. The molecule has 28 heavy (non-hydrogen) atoms. The van der Waals surface area contributed by atoms with Crippen molar-refractivity contribution in [3.05, 3.63) is 29.6 Å². The van der Waals surface area contributed by atoms with Crippen LogP contribution in [0, 0.1) is 0 Å². The quantitative estimate of drug-likeness (QED) is 0.808. The van der Waals surface area contributed by atoms with Gasteiger partial charge in [0.15, 0.2) is 0 Å². The maximum atomic E-state index is 12.8. The van der Waals surface area contributed by atoms with Crippen molar-refractivity contribution in [3.8, 4) is 0 Å². The maximum Gasteiger partial charge on any atom is 0.257 e. The Balaban J connectivity index is 1.30. The zero-order chi connectivity index (χ0) is 19.1. The first-order valence-corrected chi connectivity index (χ1v) is 10.6. The van der Waals surface area contributed by atoms with Crippen LogP contribution in [0.15, 0.2) is 12.4 Å². The SMILES string of the molecule is Cn1cc(C(=O)N2CCCC(c3nnc4n3CCN(C3CCCC3)C4)C2)cn1. The van der Waals surface area contributed by atoms with E-state index in [4.69, 9.17) is 0 Å². The minimum absolute atomic E-state index is 0.0728. The number of carbonyl (C=O) groups excluding carboxylic acids is 1. The Labute approximate surface area is 165 Å². The van der Waals surface area contributed by atoms with E-state index in [1.54, 1.807) is 17.1 Å². The number of hydrogen-bond acceptors (Lipinski definition) is 5. The summed E-state index contributed by atoms with van der Waals surface area (Å²) in [4.78, 5) is 17.4. The van der Waals surface area contributed by atoms with Crippen LogP contribution in [0.1, 0.15) is 66.4 Å². The molecule has 1 atom stereocenters. The summed E-state index contributed by atoms with van der Waals surface area (Å²) in [5.41, 5.74) is 0.665. The number of amides is 1. The van der Waals surface area contributed by atoms with Crippen molar-refractivity contribution in [1.82, 2.24) is 34.3 Å². The number of aromatic nitrogens is 5. The molecule has 150 valence electrons. The van der Waals surface area contributed by atoms with Gasteiger partial charge in [0.1, 0.15) is 11.6 Å². The predicted molar refractivity (Wildman–Crippen MR) is 104 cm³/mol. The Morgan fingerprint density at radius 1 is 1.07 bits per heavy atom. The smallest absolute Gasteiger partial charge is 0.257 e. The standard InChI is InChI=1S/C20H29N7O/c1-24-12-16(11-21-24)20(28)26-8-4-5-15(13-26)19-23-22-18-14-25(9-10-27(18)19)17-6-2-3-7-17/h11-12,15,17H,2-10,13-14H2,1H3. The average Bonchev–Trinajstić information content (AvgIpc) is 3.47. The van der Waals surface area contributed by atoms with Crippen LogP contribution >= 0.6 is 0 Å². The van der Waals surface area contributed by atoms with E-state index >= 15 is 0 Å². The molecule has 4 heterocycles. The summed E-state index contributed by atoms with van der Waals surface area (Å²) >= 11 is 0. The zero-order valence-electron chi connectivity index (χ0n) is 16.6. The topological polar surface area (TPSA) is 72.1 Å². The summed E-state index contributed by atoms with van der Waals surface area (Å²) < 4.78 is 4.01. The number of carbonyl (C=O) groups is 1. The third kappa shape index (κ3) is 3.23. The number of hydrogen-bond donors (Lipinski definition) is 0. The second-order valence-electron chi connectivity index (χ2n) is 8.53. The Hall–Kier alpha value is -2.22. The molecule has 3 aliphatic rings. The molecule has 1 saturated carbocycles. The highest BCUT2D eigenvalue weighted by molar-refractivity contribution is 5.93. The molecule has 1 aliphatic carbocycles. The van der Waals surface area contributed by atoms with Gasteiger partial charge in [-0.3, -0.25) is 14.4 Å². The number of piperidine rings is 1. The molecule has 8 nitrogen and oxygen atoms in total. The molecule has 8 heteroatoms. The van der Waals surface area contributed by atoms with Crippen LogP contribution in [0.2, 0.25) is 0 Å². The lowest BCUT2D eigenvalue weighted by atomic mass is 9.96. The van der Waals surface area contributed by atoms with Crippen LogP contribution in [0.4, 0.5) is 0 Å². The zero-order valence-corrected chi connectivity index (χ0v) is 16.6. The third-order valence-corrected chi connectivity index (χ3v) is 6.68. The van der Waals surface area contributed by atoms with Gasteiger partial charge < -0.3 is 9.47 Å². The first kappa shape index (κ1) is 17.8. The van der Waals surface area contributed by atoms with Gasteiger partial charge in [0.2, 0.25) is 0 Å². The van der Waals surface area contributed by atoms with Crippen LogP contribution in [-0.2, 0) is 20.1 Å². The number of likely N-dealkylation sites (tertiary alicyclic amines) is 1. The molecule has 2 aromatic heterocycles. The van der Waals surface area contributed by atoms with Crippen molar-refractivity contribution in [1.29, 1.82) is 0 Å². The molecular formula is C20H29N7O. The van der Waals surface area contributed by atoms with E-state index in [1.165, 1.54) is 25.7 Å². The van der Waals surface area contributed by atoms with Crippen molar-refractivity contribution >= 4 is 5.91 Å². The molecule has 0 spiro atoms. The van der Waals surface area contributed by atoms with Gasteiger partial charge in [0.25, 0.3) is 5.91 Å². The van der Waals surface area contributed by atoms with Gasteiger partial charge in [-0.05, 0) is 25.7 Å². The Morgan fingerprint density at radius 2 is 1.93 bits per heavy atom. The molecule has 2 aliphatic heterocycles. The Bertz CT molecular complexity index is 851. The van der Waals surface area contributed by atoms with Crippen molar-refractivity contribution in [2.24, 2.45) is 7.05 Å². The summed E-state index contributed by atoms with van der Waals surface area (Å²) in [5, 5.41) is 13.3. The van der Waals surface area contributed by atoms with Crippen LogP contribution in [0.5, 0.6) is 0 Å². The van der Waals surface area contributed by atoms with Gasteiger partial charge in [-0.25, -0.2) is 0 Å². The molecule has 1 amide bonds. The minimum Gasteiger partial charge on any atom is -0.338 e. The number of nitrogens with zero attached hydrogens (tertiary/aromatic N) is 7. The molecule has 0 N–H and O–H groups in total. The fourth-order valence-corrected chi connectivity index (χ4v) is 5.17. The highest BCUT2D eigenvalue weighted by Gasteiger charge is 2.33. The van der Waals surface area contributed by atoms with E-state index in [0.29, 0.717) is 5.56 Å². The Kier molecular flexibility index (Phi) is 4.66. The largest absolute Gasteiger partial charge is 0.338 e. The third-order valence-electron chi connectivity index (χ3n) is 6.68. The fraction of sp³-hybridized carbons (Fsp3) is 0.700. The molecule has 0 bridgehead atoms. The monoisotopic (exact) mass is 383 g/mol. The lowest BCUT2D eigenvalue weighted by Crippen LogP contribution is -2.42. The summed E-state index contributed by atoms with van der Waals surface area (Å²) in [6.07, 6.45) is 10.9. The van der Waals surface area contributed by atoms with Gasteiger partial charge in [-0.1, -0.05) is 12.8 Å². The lowest BCUT2D eigenvalue weighted by Gasteiger charge is -2.35. The van der Waals surface area contributed by atoms with E-state index in [0.717, 1.165) is 63.3 Å². The van der Waals surface area contributed by atoms with Crippen LogP contribution in [0.25, 0.3) is 0 Å². The number of aryl methyl sites for hydroxylation is 1. The molecule has 1 unspecified atom stereocenters. The van der Waals surface area contributed by atoms with Crippen molar-refractivity contribution in [2.75, 3.05) is 19.6 Å². The van der Waals surface area contributed by atoms with Gasteiger partial charge >= 0.3 is 0 Å². The second kappa shape index (κ2) is 7.31. The normalized spacial score (nSPS) is 23.9. The number of rotatable bonds is 3. The lowest BCUT2D eigenvalue weighted by molar-refractivity contribution is 0.0701. The fourth-order valence-electron chi connectivity index (χ4n) is 5.17. The first-order valence-electron chi connectivity index (χ1n) is 10.6. The van der Waals surface area contributed by atoms with Crippen LogP contribution in [-0.4, -0.2) is 65.9 Å². The molecule has 1 saturated heterocycles. The molecule has 2 aromatic rings. The van der Waals surface area contributed by atoms with E-state index < -0.39 is 0 Å². The predicted octanol–water partition coefficient (Wildman–Crippen LogP) is 1.79. The van der Waals surface area contributed by atoms with Gasteiger partial charge in [-0.15, -0.1) is 10.2 Å². The van der Waals surface area contributed by atoms with Crippen molar-refractivity contribution in [2.45, 2.75) is 63.6 Å². The average molecular weight is 384 g/mol. The highest BCUT2D eigenvalue weighted by atomic mass is 16.2. The molecule has 2 fully saturated rings. The van der Waals surface area contributed by atoms with Gasteiger partial charge in [0, 0.05) is 51.4 Å². The van der Waals surface area contributed by atoms with Crippen LogP contribution in [0.3, 0.4) is 0 Å². The maximum absolute atomic E-state index is 12.8. The Morgan fingerprint density at radius 3 is 2.71 bits per heavy atom. The minimum atomic E-state index is 0.0728. The summed E-state index contributed by atoms with van der Waals surface area (Å²) in [7, 11) is 1.84. The summed E-state index contributed by atoms with van der Waals surface area (Å²) in [6, 6.07) is 0.733. The second-order valence-corrected chi connectivity index (χ2v) is 8.53. The molecule has 0 aromatic carbocycles. The van der Waals surface area contributed by atoms with E-state index in [2.05, 4.69) is 24.8 Å². The van der Waals surface area contributed by atoms with E-state index in [-0.39, 0.29) is 11.8 Å². The van der Waals surface area contributed by atoms with Crippen molar-refractivity contribution in [3.63, 3.8) is 0 Å². The molecule has 0 radical (unpaired) electrons. The van der Waals surface area contributed by atoms with E-state index in [9.17, 15) is 4.79 Å². The van der Waals surface area contributed by atoms with E-state index in [1.807, 2.05) is 11.9 Å². The summed E-state index contributed by atoms with van der Waals surface area (Å²) in [6.45, 7) is 4.51. The summed E-state index contributed by atoms with van der Waals surface area (Å²) in [5.74, 6) is 2.52. The number of fused-ring (bicyclic) bond motifs is 1. The van der Waals surface area contributed by atoms with Crippen LogP contribution < -0.4 is 0 Å². The molecular weight excluding hydrogens is 354 g/mol. The first-order chi connectivity index (χ1) is 13.7. The molecule has 5 rings (SSSR count). The van der Waals surface area contributed by atoms with Crippen molar-refractivity contribution < 1.29 is 4.79 Å². The van der Waals surface area contributed by atoms with Gasteiger partial charge in [0.05, 0.1) is 18.3 Å². The van der Waals surface area contributed by atoms with Gasteiger partial charge in [-0.2, -0.15) is 5.10 Å².